The fraction of sp³-hybridized carbons (Fsp3) is 0.190. The molecule has 0 aliphatic carbocycles. The van der Waals surface area contributed by atoms with Gasteiger partial charge in [0.2, 0.25) is 5.91 Å². The summed E-state index contributed by atoms with van der Waals surface area (Å²) in [4.78, 5) is 26.7. The predicted molar refractivity (Wildman–Crippen MR) is 112 cm³/mol. The molecule has 30 heavy (non-hydrogen) atoms. The molecule has 0 N–H and O–H groups in total. The Morgan fingerprint density at radius 1 is 1.03 bits per heavy atom. The Hall–Kier alpha value is -3.52. The molecule has 1 aliphatic heterocycles. The van der Waals surface area contributed by atoms with Crippen LogP contribution in [0.3, 0.4) is 0 Å². The van der Waals surface area contributed by atoms with Gasteiger partial charge in [-0.1, -0.05) is 41.1 Å². The monoisotopic (exact) mass is 420 g/mol. The molecule has 2 aromatic carbocycles. The van der Waals surface area contributed by atoms with E-state index >= 15 is 0 Å². The number of rotatable bonds is 4. The summed E-state index contributed by atoms with van der Waals surface area (Å²) in [6, 6.07) is 17.8. The molecular formula is C21H17ClN6O2. The van der Waals surface area contributed by atoms with Crippen molar-refractivity contribution in [3.8, 4) is 11.3 Å². The minimum Gasteiger partial charge on any atom is -0.337 e. The van der Waals surface area contributed by atoms with Gasteiger partial charge in [-0.15, -0.1) is 5.10 Å². The van der Waals surface area contributed by atoms with Crippen molar-refractivity contribution >= 4 is 28.5 Å². The highest BCUT2D eigenvalue weighted by Crippen LogP contribution is 2.23. The van der Waals surface area contributed by atoms with Gasteiger partial charge in [0.15, 0.2) is 0 Å². The van der Waals surface area contributed by atoms with Gasteiger partial charge in [0.05, 0.1) is 17.3 Å². The van der Waals surface area contributed by atoms with Crippen LogP contribution in [0.5, 0.6) is 0 Å². The number of nitrogens with zero attached hydrogens (tertiary/aromatic N) is 6. The molecule has 0 spiro atoms. The van der Waals surface area contributed by atoms with E-state index in [1.165, 1.54) is 10.7 Å². The summed E-state index contributed by atoms with van der Waals surface area (Å²) in [7, 11) is 0. The number of para-hydroxylation sites is 1. The van der Waals surface area contributed by atoms with Crippen LogP contribution in [0.1, 0.15) is 6.04 Å². The normalized spacial score (nSPS) is 14.1. The Morgan fingerprint density at radius 2 is 1.80 bits per heavy atom. The first-order chi connectivity index (χ1) is 14.6. The molecule has 1 saturated heterocycles. The molecular weight excluding hydrogens is 404 g/mol. The third kappa shape index (κ3) is 3.35. The topological polar surface area (TPSA) is 85.9 Å². The summed E-state index contributed by atoms with van der Waals surface area (Å²) in [6.45, 7) is 0.977. The third-order valence-electron chi connectivity index (χ3n) is 5.23. The fourth-order valence-corrected chi connectivity index (χ4v) is 3.66. The summed E-state index contributed by atoms with van der Waals surface area (Å²) in [5, 5.41) is 13.3. The van der Waals surface area contributed by atoms with Crippen LogP contribution in [0, 0.1) is 0 Å². The van der Waals surface area contributed by atoms with Crippen molar-refractivity contribution in [1.82, 2.24) is 29.7 Å². The van der Waals surface area contributed by atoms with Gasteiger partial charge in [0, 0.05) is 29.7 Å². The molecule has 0 saturated carbocycles. The minimum absolute atomic E-state index is 0.0659. The third-order valence-corrected chi connectivity index (χ3v) is 5.48. The van der Waals surface area contributed by atoms with Gasteiger partial charge in [-0.3, -0.25) is 9.59 Å². The second kappa shape index (κ2) is 7.38. The largest absolute Gasteiger partial charge is 0.337 e. The van der Waals surface area contributed by atoms with Crippen LogP contribution in [0.25, 0.3) is 22.3 Å². The van der Waals surface area contributed by atoms with Gasteiger partial charge in [0.25, 0.3) is 5.56 Å². The summed E-state index contributed by atoms with van der Waals surface area (Å²) < 4.78 is 3.05. The maximum atomic E-state index is 12.6. The molecule has 9 heteroatoms. The number of carbonyl (C=O) groups excluding carboxylic acids is 1. The van der Waals surface area contributed by atoms with Crippen molar-refractivity contribution in [3.63, 3.8) is 0 Å². The van der Waals surface area contributed by atoms with Crippen LogP contribution in [0.4, 0.5) is 0 Å². The first-order valence-corrected chi connectivity index (χ1v) is 9.88. The maximum absolute atomic E-state index is 12.6. The van der Waals surface area contributed by atoms with Crippen molar-refractivity contribution in [1.29, 1.82) is 0 Å². The van der Waals surface area contributed by atoms with Crippen LogP contribution >= 0.6 is 11.6 Å². The maximum Gasteiger partial charge on any atom is 0.267 e. The van der Waals surface area contributed by atoms with E-state index < -0.39 is 0 Å². The first kappa shape index (κ1) is 18.5. The van der Waals surface area contributed by atoms with Crippen LogP contribution in [-0.2, 0) is 11.3 Å². The average molecular weight is 421 g/mol. The van der Waals surface area contributed by atoms with E-state index in [2.05, 4.69) is 15.4 Å². The highest BCUT2D eigenvalue weighted by Gasteiger charge is 2.33. The van der Waals surface area contributed by atoms with Crippen LogP contribution in [0.2, 0.25) is 5.02 Å². The summed E-state index contributed by atoms with van der Waals surface area (Å²) >= 11 is 5.94. The van der Waals surface area contributed by atoms with E-state index in [9.17, 15) is 9.59 Å². The first-order valence-electron chi connectivity index (χ1n) is 9.50. The smallest absolute Gasteiger partial charge is 0.267 e. The summed E-state index contributed by atoms with van der Waals surface area (Å²) in [5.41, 5.74) is 2.94. The zero-order valence-corrected chi connectivity index (χ0v) is 16.6. The molecule has 4 aromatic rings. The van der Waals surface area contributed by atoms with Crippen molar-refractivity contribution in [2.45, 2.75) is 12.6 Å². The van der Waals surface area contributed by atoms with E-state index in [1.807, 2.05) is 36.4 Å². The lowest BCUT2D eigenvalue weighted by molar-refractivity contribution is -0.138. The van der Waals surface area contributed by atoms with Gasteiger partial charge in [-0.25, -0.2) is 9.36 Å². The zero-order valence-electron chi connectivity index (χ0n) is 15.8. The molecule has 3 heterocycles. The number of hydrogen-bond donors (Lipinski definition) is 0. The van der Waals surface area contributed by atoms with Crippen molar-refractivity contribution in [3.05, 3.63) is 76.0 Å². The Morgan fingerprint density at radius 3 is 2.60 bits per heavy atom. The molecule has 2 aromatic heterocycles. The number of benzene rings is 2. The fourth-order valence-electron chi connectivity index (χ4n) is 3.54. The second-order valence-electron chi connectivity index (χ2n) is 7.20. The number of amides is 1. The molecule has 1 aliphatic rings. The number of hydrogen-bond acceptors (Lipinski definition) is 5. The molecule has 0 atom stereocenters. The number of halogens is 1. The Balaban J connectivity index is 1.29. The lowest BCUT2D eigenvalue weighted by Gasteiger charge is -2.39. The molecule has 150 valence electrons. The highest BCUT2D eigenvalue weighted by molar-refractivity contribution is 6.30. The Labute approximate surface area is 176 Å². The zero-order chi connectivity index (χ0) is 20.7. The predicted octanol–water partition coefficient (Wildman–Crippen LogP) is 2.39. The van der Waals surface area contributed by atoms with Crippen molar-refractivity contribution in [2.75, 3.05) is 13.1 Å². The van der Waals surface area contributed by atoms with Crippen molar-refractivity contribution < 1.29 is 4.79 Å². The van der Waals surface area contributed by atoms with Gasteiger partial charge in [0.1, 0.15) is 12.1 Å². The SMILES string of the molecule is O=C(Cn1nnc2ccccc21)N1CC(n2nc(-c3ccc(Cl)cc3)ccc2=O)C1. The molecule has 0 radical (unpaired) electrons. The van der Waals surface area contributed by atoms with E-state index in [0.717, 1.165) is 16.6 Å². The van der Waals surface area contributed by atoms with Gasteiger partial charge < -0.3 is 4.90 Å². The van der Waals surface area contributed by atoms with E-state index in [0.29, 0.717) is 23.8 Å². The molecule has 0 unspecified atom stereocenters. The number of aromatic nitrogens is 5. The minimum atomic E-state index is -0.188. The quantitative estimate of drug-likeness (QED) is 0.506. The van der Waals surface area contributed by atoms with Crippen LogP contribution in [-0.4, -0.2) is 48.7 Å². The van der Waals surface area contributed by atoms with Gasteiger partial charge in [-0.2, -0.15) is 5.10 Å². The molecule has 0 bridgehead atoms. The number of likely N-dealkylation sites (tertiary alicyclic amines) is 1. The van der Waals surface area contributed by atoms with E-state index in [1.54, 1.807) is 27.8 Å². The van der Waals surface area contributed by atoms with Gasteiger partial charge in [-0.05, 0) is 30.3 Å². The number of fused-ring (bicyclic) bond motifs is 1. The summed E-state index contributed by atoms with van der Waals surface area (Å²) in [5.74, 6) is -0.0659. The lowest BCUT2D eigenvalue weighted by Crippen LogP contribution is -2.54. The van der Waals surface area contributed by atoms with E-state index in [4.69, 9.17) is 11.6 Å². The van der Waals surface area contributed by atoms with E-state index in [-0.39, 0.29) is 24.1 Å². The van der Waals surface area contributed by atoms with Crippen molar-refractivity contribution in [2.24, 2.45) is 0 Å². The molecule has 1 amide bonds. The Bertz CT molecular complexity index is 1290. The average Bonchev–Trinajstić information content (AvgIpc) is 3.12. The van der Waals surface area contributed by atoms with Crippen LogP contribution < -0.4 is 5.56 Å². The lowest BCUT2D eigenvalue weighted by atomic mass is 10.1. The number of carbonyl (C=O) groups is 1. The van der Waals surface area contributed by atoms with Gasteiger partial charge >= 0.3 is 0 Å². The highest BCUT2D eigenvalue weighted by atomic mass is 35.5. The molecule has 8 nitrogen and oxygen atoms in total. The Kier molecular flexibility index (Phi) is 4.55. The van der Waals surface area contributed by atoms with Crippen LogP contribution in [0.15, 0.2) is 65.5 Å². The molecule has 1 fully saturated rings. The molecule has 5 rings (SSSR count). The summed E-state index contributed by atoms with van der Waals surface area (Å²) in [6.07, 6.45) is 0. The second-order valence-corrected chi connectivity index (χ2v) is 7.63. The standard InChI is InChI=1S/C21H17ClN6O2/c22-15-7-5-14(6-8-15)17-9-10-20(29)28(24-17)16-11-26(12-16)21(30)13-27-19-4-2-1-3-18(19)23-25-27/h1-10,16H,11-13H2.